The lowest BCUT2D eigenvalue weighted by Crippen LogP contribution is -2.33. The highest BCUT2D eigenvalue weighted by Crippen LogP contribution is 2.25. The van der Waals surface area contributed by atoms with Gasteiger partial charge in [0.1, 0.15) is 0 Å². The van der Waals surface area contributed by atoms with E-state index in [2.05, 4.69) is 32.7 Å². The fourth-order valence-electron chi connectivity index (χ4n) is 1.89. The van der Waals surface area contributed by atoms with Gasteiger partial charge in [0.05, 0.1) is 12.1 Å². The second-order valence-electron chi connectivity index (χ2n) is 4.00. The van der Waals surface area contributed by atoms with Crippen molar-refractivity contribution in [2.75, 3.05) is 19.7 Å². The SMILES string of the molecule is NCC(NCC1CCCO1)c1cc(Br)cs1. The Morgan fingerprint density at radius 1 is 1.69 bits per heavy atom. The van der Waals surface area contributed by atoms with Crippen molar-refractivity contribution in [3.63, 3.8) is 0 Å². The maximum Gasteiger partial charge on any atom is 0.0700 e. The van der Waals surface area contributed by atoms with Crippen molar-refractivity contribution in [2.45, 2.75) is 25.0 Å². The maximum atomic E-state index is 5.79. The standard InChI is InChI=1S/C11H17BrN2OS/c12-8-4-11(16-7-8)10(5-13)14-6-9-2-1-3-15-9/h4,7,9-10,14H,1-3,5-6,13H2. The van der Waals surface area contributed by atoms with Crippen molar-refractivity contribution in [1.82, 2.24) is 5.32 Å². The van der Waals surface area contributed by atoms with Crippen molar-refractivity contribution >= 4 is 27.3 Å². The number of ether oxygens (including phenoxy) is 1. The number of hydrogen-bond donors (Lipinski definition) is 2. The number of halogens is 1. The maximum absolute atomic E-state index is 5.79. The van der Waals surface area contributed by atoms with Crippen LogP contribution in [0, 0.1) is 0 Å². The van der Waals surface area contributed by atoms with E-state index in [1.165, 1.54) is 17.7 Å². The largest absolute Gasteiger partial charge is 0.377 e. The number of nitrogens with one attached hydrogen (secondary N) is 1. The molecule has 0 saturated carbocycles. The molecule has 2 atom stereocenters. The van der Waals surface area contributed by atoms with Crippen LogP contribution in [0.15, 0.2) is 15.9 Å². The van der Waals surface area contributed by atoms with E-state index < -0.39 is 0 Å². The zero-order valence-corrected chi connectivity index (χ0v) is 11.5. The summed E-state index contributed by atoms with van der Waals surface area (Å²) >= 11 is 5.20. The lowest BCUT2D eigenvalue weighted by molar-refractivity contribution is 0.108. The van der Waals surface area contributed by atoms with Gasteiger partial charge in [-0.2, -0.15) is 0 Å². The Kier molecular flexibility index (Phi) is 4.79. The van der Waals surface area contributed by atoms with Crippen molar-refractivity contribution in [3.05, 3.63) is 20.8 Å². The zero-order valence-electron chi connectivity index (χ0n) is 9.12. The molecule has 1 fully saturated rings. The van der Waals surface area contributed by atoms with Crippen LogP contribution in [-0.4, -0.2) is 25.8 Å². The van der Waals surface area contributed by atoms with Crippen LogP contribution in [0.2, 0.25) is 0 Å². The molecule has 2 unspecified atom stereocenters. The van der Waals surface area contributed by atoms with Crippen molar-refractivity contribution in [3.8, 4) is 0 Å². The lowest BCUT2D eigenvalue weighted by Gasteiger charge is -2.18. The highest BCUT2D eigenvalue weighted by atomic mass is 79.9. The smallest absolute Gasteiger partial charge is 0.0700 e. The molecule has 0 radical (unpaired) electrons. The Bertz CT molecular complexity index is 326. The van der Waals surface area contributed by atoms with E-state index in [0.717, 1.165) is 17.6 Å². The molecule has 90 valence electrons. The van der Waals surface area contributed by atoms with E-state index in [-0.39, 0.29) is 6.04 Å². The molecule has 0 aromatic carbocycles. The van der Waals surface area contributed by atoms with E-state index in [1.807, 2.05) is 0 Å². The molecule has 16 heavy (non-hydrogen) atoms. The van der Waals surface area contributed by atoms with Gasteiger partial charge in [0.2, 0.25) is 0 Å². The van der Waals surface area contributed by atoms with Crippen LogP contribution in [0.5, 0.6) is 0 Å². The average molecular weight is 305 g/mol. The molecule has 0 spiro atoms. The average Bonchev–Trinajstić information content (AvgIpc) is 2.91. The minimum absolute atomic E-state index is 0.250. The van der Waals surface area contributed by atoms with Gasteiger partial charge in [0, 0.05) is 34.4 Å². The summed E-state index contributed by atoms with van der Waals surface area (Å²) in [4.78, 5) is 1.28. The van der Waals surface area contributed by atoms with Crippen LogP contribution in [0.4, 0.5) is 0 Å². The molecule has 0 bridgehead atoms. The first-order valence-electron chi connectivity index (χ1n) is 5.58. The molecule has 1 aromatic rings. The van der Waals surface area contributed by atoms with Crippen LogP contribution >= 0.6 is 27.3 Å². The van der Waals surface area contributed by atoms with E-state index in [4.69, 9.17) is 10.5 Å². The van der Waals surface area contributed by atoms with Crippen LogP contribution < -0.4 is 11.1 Å². The van der Waals surface area contributed by atoms with Gasteiger partial charge < -0.3 is 15.8 Å². The number of nitrogens with two attached hydrogens (primary N) is 1. The highest BCUT2D eigenvalue weighted by Gasteiger charge is 2.18. The summed E-state index contributed by atoms with van der Waals surface area (Å²) in [5, 5.41) is 5.57. The van der Waals surface area contributed by atoms with Crippen LogP contribution in [0.25, 0.3) is 0 Å². The van der Waals surface area contributed by atoms with Gasteiger partial charge in [0.25, 0.3) is 0 Å². The molecule has 1 aliphatic heterocycles. The zero-order chi connectivity index (χ0) is 11.4. The fourth-order valence-corrected chi connectivity index (χ4v) is 3.42. The molecular weight excluding hydrogens is 288 g/mol. The molecule has 2 heterocycles. The molecule has 1 aromatic heterocycles. The van der Waals surface area contributed by atoms with Gasteiger partial charge >= 0.3 is 0 Å². The molecule has 2 rings (SSSR count). The quantitative estimate of drug-likeness (QED) is 0.877. The molecule has 3 nitrogen and oxygen atoms in total. The number of thiophene rings is 1. The Morgan fingerprint density at radius 2 is 2.56 bits per heavy atom. The van der Waals surface area contributed by atoms with E-state index in [1.54, 1.807) is 11.3 Å². The third kappa shape index (κ3) is 3.28. The number of rotatable bonds is 5. The van der Waals surface area contributed by atoms with Gasteiger partial charge in [0.15, 0.2) is 0 Å². The molecule has 3 N–H and O–H groups in total. The van der Waals surface area contributed by atoms with Crippen molar-refractivity contribution in [1.29, 1.82) is 0 Å². The molecule has 1 aliphatic rings. The van der Waals surface area contributed by atoms with E-state index >= 15 is 0 Å². The highest BCUT2D eigenvalue weighted by molar-refractivity contribution is 9.10. The molecule has 5 heteroatoms. The first-order chi connectivity index (χ1) is 7.79. The molecule has 0 aliphatic carbocycles. The summed E-state index contributed by atoms with van der Waals surface area (Å²) < 4.78 is 6.71. The van der Waals surface area contributed by atoms with E-state index in [9.17, 15) is 0 Å². The van der Waals surface area contributed by atoms with Crippen molar-refractivity contribution in [2.24, 2.45) is 5.73 Å². The first kappa shape index (κ1) is 12.5. The molecule has 1 saturated heterocycles. The third-order valence-corrected chi connectivity index (χ3v) is 4.59. The Balaban J connectivity index is 1.85. The summed E-state index contributed by atoms with van der Waals surface area (Å²) in [5.41, 5.74) is 5.79. The van der Waals surface area contributed by atoms with Crippen LogP contribution in [0.1, 0.15) is 23.8 Å². The summed E-state index contributed by atoms with van der Waals surface area (Å²) in [7, 11) is 0. The third-order valence-electron chi connectivity index (χ3n) is 2.78. The summed E-state index contributed by atoms with van der Waals surface area (Å²) in [6, 6.07) is 2.38. The predicted octanol–water partition coefficient (Wildman–Crippen LogP) is 2.28. The topological polar surface area (TPSA) is 47.3 Å². The van der Waals surface area contributed by atoms with Crippen LogP contribution in [0.3, 0.4) is 0 Å². The second-order valence-corrected chi connectivity index (χ2v) is 5.86. The molecule has 0 amide bonds. The van der Waals surface area contributed by atoms with Crippen LogP contribution in [-0.2, 0) is 4.74 Å². The van der Waals surface area contributed by atoms with Gasteiger partial charge in [-0.25, -0.2) is 0 Å². The minimum atomic E-state index is 0.250. The van der Waals surface area contributed by atoms with Gasteiger partial charge in [-0.05, 0) is 34.8 Å². The van der Waals surface area contributed by atoms with Crippen molar-refractivity contribution < 1.29 is 4.74 Å². The number of hydrogen-bond acceptors (Lipinski definition) is 4. The lowest BCUT2D eigenvalue weighted by atomic mass is 10.2. The van der Waals surface area contributed by atoms with Gasteiger partial charge in [-0.3, -0.25) is 0 Å². The monoisotopic (exact) mass is 304 g/mol. The minimum Gasteiger partial charge on any atom is -0.377 e. The predicted molar refractivity (Wildman–Crippen MR) is 70.8 cm³/mol. The Morgan fingerprint density at radius 3 is 3.12 bits per heavy atom. The first-order valence-corrected chi connectivity index (χ1v) is 7.26. The Labute approximate surface area is 108 Å². The summed E-state index contributed by atoms with van der Waals surface area (Å²) in [6.07, 6.45) is 2.72. The normalized spacial score (nSPS) is 22.5. The second kappa shape index (κ2) is 6.12. The fraction of sp³-hybridized carbons (Fsp3) is 0.636. The van der Waals surface area contributed by atoms with Gasteiger partial charge in [-0.1, -0.05) is 0 Å². The Hall–Kier alpha value is 0.0600. The summed E-state index contributed by atoms with van der Waals surface area (Å²) in [6.45, 7) is 2.43. The summed E-state index contributed by atoms with van der Waals surface area (Å²) in [5.74, 6) is 0. The molecular formula is C11H17BrN2OS. The van der Waals surface area contributed by atoms with Gasteiger partial charge in [-0.15, -0.1) is 11.3 Å². The van der Waals surface area contributed by atoms with E-state index in [0.29, 0.717) is 12.6 Å².